The van der Waals surface area contributed by atoms with Crippen LogP contribution in [0, 0.1) is 0 Å². The zero-order chi connectivity index (χ0) is 16.8. The van der Waals surface area contributed by atoms with Crippen molar-refractivity contribution in [2.24, 2.45) is 0 Å². The highest BCUT2D eigenvalue weighted by atomic mass is 16.5. The molecule has 2 rings (SSSR count). The Kier molecular flexibility index (Phi) is 5.46. The van der Waals surface area contributed by atoms with Gasteiger partial charge in [0.2, 0.25) is 0 Å². The first-order chi connectivity index (χ1) is 11.1. The Labute approximate surface area is 135 Å². The number of rotatable bonds is 7. The highest BCUT2D eigenvalue weighted by Gasteiger charge is 2.12. The average molecular weight is 316 g/mol. The quantitative estimate of drug-likeness (QED) is 0.815. The van der Waals surface area contributed by atoms with Gasteiger partial charge < -0.3 is 19.7 Å². The minimum Gasteiger partial charge on any atom is -0.508 e. The summed E-state index contributed by atoms with van der Waals surface area (Å²) in [5, 5.41) is 19.0. The maximum atomic E-state index is 11.0. The molecule has 2 aromatic rings. The maximum Gasteiger partial charge on any atom is 0.335 e. The molecule has 0 radical (unpaired) electrons. The second-order valence-corrected chi connectivity index (χ2v) is 5.12. The van der Waals surface area contributed by atoms with Gasteiger partial charge in [-0.2, -0.15) is 0 Å². The Bertz CT molecular complexity index is 694. The van der Waals surface area contributed by atoms with Gasteiger partial charge >= 0.3 is 5.97 Å². The van der Waals surface area contributed by atoms with Gasteiger partial charge in [-0.3, -0.25) is 0 Å². The molecule has 0 aliphatic heterocycles. The number of aromatic carboxylic acids is 1. The molecule has 0 spiro atoms. The van der Waals surface area contributed by atoms with Crippen LogP contribution in [0.5, 0.6) is 17.2 Å². The predicted octanol–water partition coefficient (Wildman–Crippen LogP) is 3.63. The summed E-state index contributed by atoms with van der Waals surface area (Å²) < 4.78 is 11.0. The molecule has 0 amide bonds. The maximum absolute atomic E-state index is 11.0. The van der Waals surface area contributed by atoms with Crippen molar-refractivity contribution >= 4 is 5.97 Å². The molecule has 0 fully saturated rings. The van der Waals surface area contributed by atoms with Crippen LogP contribution in [0.15, 0.2) is 36.4 Å². The van der Waals surface area contributed by atoms with E-state index in [1.54, 1.807) is 18.2 Å². The molecule has 0 saturated carbocycles. The van der Waals surface area contributed by atoms with Gasteiger partial charge in [-0.15, -0.1) is 0 Å². The molecular weight excluding hydrogens is 296 g/mol. The first-order valence-electron chi connectivity index (χ1n) is 7.40. The Morgan fingerprint density at radius 3 is 2.61 bits per heavy atom. The van der Waals surface area contributed by atoms with Gasteiger partial charge in [-0.1, -0.05) is 25.5 Å². The van der Waals surface area contributed by atoms with E-state index in [-0.39, 0.29) is 17.9 Å². The highest BCUT2D eigenvalue weighted by molar-refractivity contribution is 5.88. The van der Waals surface area contributed by atoms with E-state index in [1.165, 1.54) is 19.2 Å². The normalized spacial score (nSPS) is 10.3. The largest absolute Gasteiger partial charge is 0.508 e. The Balaban J connectivity index is 2.21. The molecule has 2 N–H and O–H groups in total. The zero-order valence-corrected chi connectivity index (χ0v) is 13.2. The van der Waals surface area contributed by atoms with Crippen LogP contribution >= 0.6 is 0 Å². The number of aromatic hydroxyl groups is 1. The summed E-state index contributed by atoms with van der Waals surface area (Å²) in [7, 11) is 1.49. The second kappa shape index (κ2) is 7.54. The lowest BCUT2D eigenvalue weighted by Crippen LogP contribution is -2.03. The summed E-state index contributed by atoms with van der Waals surface area (Å²) in [6.45, 7) is 2.26. The molecule has 0 aliphatic rings. The Hall–Kier alpha value is -2.69. The molecule has 0 heterocycles. The third-order valence-electron chi connectivity index (χ3n) is 3.53. The standard InChI is InChI=1S/C18H20O5/c1-3-5-14-15(19)6-4-7-16(14)23-11-13-9-8-12(18(20)21)10-17(13)22-2/h4,6-10,19H,3,5,11H2,1-2H3,(H,20,21). The first-order valence-corrected chi connectivity index (χ1v) is 7.40. The van der Waals surface area contributed by atoms with E-state index >= 15 is 0 Å². The van der Waals surface area contributed by atoms with Crippen molar-refractivity contribution in [3.05, 3.63) is 53.1 Å². The van der Waals surface area contributed by atoms with Crippen LogP contribution in [0.3, 0.4) is 0 Å². The number of hydrogen-bond donors (Lipinski definition) is 2. The van der Waals surface area contributed by atoms with E-state index in [0.29, 0.717) is 11.5 Å². The zero-order valence-electron chi connectivity index (χ0n) is 13.2. The molecule has 5 nitrogen and oxygen atoms in total. The van der Waals surface area contributed by atoms with E-state index < -0.39 is 5.97 Å². The summed E-state index contributed by atoms with van der Waals surface area (Å²) in [6, 6.07) is 9.83. The van der Waals surface area contributed by atoms with E-state index in [1.807, 2.05) is 13.0 Å². The number of benzene rings is 2. The van der Waals surface area contributed by atoms with E-state index in [9.17, 15) is 9.90 Å². The molecular formula is C18H20O5. The number of methoxy groups -OCH3 is 1. The number of carboxylic acid groups (broad SMARTS) is 1. The van der Waals surface area contributed by atoms with Gasteiger partial charge in [-0.05, 0) is 30.7 Å². The first kappa shape index (κ1) is 16.7. The third kappa shape index (κ3) is 3.94. The van der Waals surface area contributed by atoms with E-state index in [0.717, 1.165) is 24.0 Å². The molecule has 5 heteroatoms. The van der Waals surface area contributed by atoms with Gasteiger partial charge in [0.05, 0.1) is 12.7 Å². The predicted molar refractivity (Wildman–Crippen MR) is 86.4 cm³/mol. The number of carboxylic acids is 1. The number of ether oxygens (including phenoxy) is 2. The van der Waals surface area contributed by atoms with Crippen molar-refractivity contribution in [2.45, 2.75) is 26.4 Å². The van der Waals surface area contributed by atoms with Crippen LogP contribution in [-0.2, 0) is 13.0 Å². The van der Waals surface area contributed by atoms with Crippen LogP contribution in [0.2, 0.25) is 0 Å². The minimum absolute atomic E-state index is 0.162. The minimum atomic E-state index is -1.01. The highest BCUT2D eigenvalue weighted by Crippen LogP contribution is 2.30. The van der Waals surface area contributed by atoms with Gasteiger partial charge in [0, 0.05) is 11.1 Å². The van der Waals surface area contributed by atoms with Crippen molar-refractivity contribution in [3.63, 3.8) is 0 Å². The summed E-state index contributed by atoms with van der Waals surface area (Å²) in [5.74, 6) is 0.296. The Morgan fingerprint density at radius 1 is 1.17 bits per heavy atom. The monoisotopic (exact) mass is 316 g/mol. The fourth-order valence-corrected chi connectivity index (χ4v) is 2.34. The van der Waals surface area contributed by atoms with Gasteiger partial charge in [0.1, 0.15) is 23.9 Å². The molecule has 0 aromatic heterocycles. The van der Waals surface area contributed by atoms with Crippen molar-refractivity contribution in [1.82, 2.24) is 0 Å². The summed E-state index contributed by atoms with van der Waals surface area (Å²) in [6.07, 6.45) is 1.61. The molecule has 0 bridgehead atoms. The number of hydrogen-bond acceptors (Lipinski definition) is 4. The molecule has 122 valence electrons. The van der Waals surface area contributed by atoms with Gasteiger partial charge in [-0.25, -0.2) is 4.79 Å². The van der Waals surface area contributed by atoms with Crippen molar-refractivity contribution in [3.8, 4) is 17.2 Å². The number of phenols is 1. The lowest BCUT2D eigenvalue weighted by Gasteiger charge is -2.14. The molecule has 23 heavy (non-hydrogen) atoms. The fourth-order valence-electron chi connectivity index (χ4n) is 2.34. The lowest BCUT2D eigenvalue weighted by atomic mass is 10.1. The van der Waals surface area contributed by atoms with E-state index in [4.69, 9.17) is 14.6 Å². The third-order valence-corrected chi connectivity index (χ3v) is 3.53. The van der Waals surface area contributed by atoms with Crippen LogP contribution in [0.1, 0.15) is 34.8 Å². The molecule has 0 aliphatic carbocycles. The van der Waals surface area contributed by atoms with E-state index in [2.05, 4.69) is 0 Å². The van der Waals surface area contributed by atoms with Crippen LogP contribution in [-0.4, -0.2) is 23.3 Å². The smallest absolute Gasteiger partial charge is 0.335 e. The fraction of sp³-hybridized carbons (Fsp3) is 0.278. The SMILES string of the molecule is CCCc1c(O)cccc1OCc1ccc(C(=O)O)cc1OC. The molecule has 0 unspecified atom stereocenters. The Morgan fingerprint density at radius 2 is 1.96 bits per heavy atom. The van der Waals surface area contributed by atoms with Crippen LogP contribution in [0.4, 0.5) is 0 Å². The number of phenolic OH excluding ortho intramolecular Hbond substituents is 1. The topological polar surface area (TPSA) is 76.0 Å². The van der Waals surface area contributed by atoms with Crippen molar-refractivity contribution in [1.29, 1.82) is 0 Å². The van der Waals surface area contributed by atoms with Crippen molar-refractivity contribution in [2.75, 3.05) is 7.11 Å². The average Bonchev–Trinajstić information content (AvgIpc) is 2.55. The summed E-state index contributed by atoms with van der Waals surface area (Å²) >= 11 is 0. The van der Waals surface area contributed by atoms with Gasteiger partial charge in [0.25, 0.3) is 0 Å². The lowest BCUT2D eigenvalue weighted by molar-refractivity contribution is 0.0696. The van der Waals surface area contributed by atoms with Crippen molar-refractivity contribution < 1.29 is 24.5 Å². The molecule has 0 saturated heterocycles. The molecule has 2 aromatic carbocycles. The summed E-state index contributed by atoms with van der Waals surface area (Å²) in [4.78, 5) is 11.0. The summed E-state index contributed by atoms with van der Waals surface area (Å²) in [5.41, 5.74) is 1.68. The number of carbonyl (C=O) groups is 1. The van der Waals surface area contributed by atoms with Crippen LogP contribution < -0.4 is 9.47 Å². The second-order valence-electron chi connectivity index (χ2n) is 5.12. The molecule has 0 atom stereocenters. The van der Waals surface area contributed by atoms with Gasteiger partial charge in [0.15, 0.2) is 0 Å². The van der Waals surface area contributed by atoms with Crippen LogP contribution in [0.25, 0.3) is 0 Å².